The molecule has 1 rings (SSSR count). The van der Waals surface area contributed by atoms with Gasteiger partial charge < -0.3 is 5.11 Å². The molecule has 0 unspecified atom stereocenters. The number of aryl methyl sites for hydroxylation is 1. The number of benzene rings is 1. The normalized spacial score (nSPS) is 10.4. The zero-order valence-corrected chi connectivity index (χ0v) is 12.2. The standard InChI is InChI=1S/C17H24O3/c1-2-3-7-14-10-12-15(13-11-14)16(18)8-5-4-6-9-17(19)20/h10-13H,2-9H2,1H3,(H,19,20). The first-order chi connectivity index (χ1) is 9.63. The molecule has 0 spiro atoms. The number of carboxylic acid groups (broad SMARTS) is 1. The Kier molecular flexibility index (Phi) is 7.63. The molecule has 110 valence electrons. The quantitative estimate of drug-likeness (QED) is 0.513. The lowest BCUT2D eigenvalue weighted by atomic mass is 10.0. The number of aliphatic carboxylic acids is 1. The lowest BCUT2D eigenvalue weighted by molar-refractivity contribution is -0.137. The van der Waals surface area contributed by atoms with Gasteiger partial charge in [-0.15, -0.1) is 0 Å². The summed E-state index contributed by atoms with van der Waals surface area (Å²) >= 11 is 0. The van der Waals surface area contributed by atoms with Crippen LogP contribution in [0.5, 0.6) is 0 Å². The first-order valence-electron chi connectivity index (χ1n) is 7.47. The van der Waals surface area contributed by atoms with Crippen molar-refractivity contribution in [2.45, 2.75) is 58.3 Å². The number of unbranched alkanes of at least 4 members (excludes halogenated alkanes) is 3. The second-order valence-electron chi connectivity index (χ2n) is 5.18. The van der Waals surface area contributed by atoms with Crippen LogP contribution in [0.2, 0.25) is 0 Å². The van der Waals surface area contributed by atoms with Crippen LogP contribution < -0.4 is 0 Å². The van der Waals surface area contributed by atoms with Gasteiger partial charge in [0.15, 0.2) is 5.78 Å². The minimum Gasteiger partial charge on any atom is -0.481 e. The Hall–Kier alpha value is -1.64. The van der Waals surface area contributed by atoms with E-state index in [9.17, 15) is 9.59 Å². The molecule has 0 radical (unpaired) electrons. The van der Waals surface area contributed by atoms with E-state index in [-0.39, 0.29) is 12.2 Å². The van der Waals surface area contributed by atoms with Crippen molar-refractivity contribution in [2.24, 2.45) is 0 Å². The molecule has 0 fully saturated rings. The van der Waals surface area contributed by atoms with E-state index < -0.39 is 5.97 Å². The average molecular weight is 276 g/mol. The van der Waals surface area contributed by atoms with Crippen molar-refractivity contribution in [3.63, 3.8) is 0 Å². The van der Waals surface area contributed by atoms with Crippen LogP contribution in [0.15, 0.2) is 24.3 Å². The number of rotatable bonds is 10. The zero-order valence-electron chi connectivity index (χ0n) is 12.2. The number of carbonyl (C=O) groups is 2. The molecule has 0 heterocycles. The Morgan fingerprint density at radius 3 is 2.20 bits per heavy atom. The van der Waals surface area contributed by atoms with E-state index in [1.54, 1.807) is 0 Å². The molecule has 0 aliphatic carbocycles. The molecule has 1 aromatic carbocycles. The van der Waals surface area contributed by atoms with Gasteiger partial charge in [0.05, 0.1) is 0 Å². The molecule has 0 aliphatic rings. The third-order valence-corrected chi connectivity index (χ3v) is 3.39. The highest BCUT2D eigenvalue weighted by Gasteiger charge is 2.06. The largest absolute Gasteiger partial charge is 0.481 e. The van der Waals surface area contributed by atoms with E-state index in [4.69, 9.17) is 5.11 Å². The van der Waals surface area contributed by atoms with Gasteiger partial charge in [-0.2, -0.15) is 0 Å². The molecular formula is C17H24O3. The molecule has 0 atom stereocenters. The molecule has 0 aliphatic heterocycles. The second-order valence-corrected chi connectivity index (χ2v) is 5.18. The molecule has 20 heavy (non-hydrogen) atoms. The minimum absolute atomic E-state index is 0.155. The highest BCUT2D eigenvalue weighted by atomic mass is 16.4. The number of ketones is 1. The van der Waals surface area contributed by atoms with Crippen LogP contribution in [-0.2, 0) is 11.2 Å². The van der Waals surface area contributed by atoms with Gasteiger partial charge in [-0.1, -0.05) is 44.0 Å². The van der Waals surface area contributed by atoms with Crippen molar-refractivity contribution >= 4 is 11.8 Å². The SMILES string of the molecule is CCCCc1ccc(C(=O)CCCCCC(=O)O)cc1. The van der Waals surface area contributed by atoms with Gasteiger partial charge in [0, 0.05) is 18.4 Å². The van der Waals surface area contributed by atoms with E-state index in [0.717, 1.165) is 24.8 Å². The van der Waals surface area contributed by atoms with Gasteiger partial charge in [-0.25, -0.2) is 0 Å². The van der Waals surface area contributed by atoms with Crippen molar-refractivity contribution < 1.29 is 14.7 Å². The Morgan fingerprint density at radius 2 is 1.60 bits per heavy atom. The van der Waals surface area contributed by atoms with E-state index in [1.165, 1.54) is 18.4 Å². The molecule has 3 heteroatoms. The molecular weight excluding hydrogens is 252 g/mol. The van der Waals surface area contributed by atoms with Crippen LogP contribution in [0.1, 0.15) is 67.8 Å². The van der Waals surface area contributed by atoms with Gasteiger partial charge in [-0.3, -0.25) is 9.59 Å². The van der Waals surface area contributed by atoms with Crippen molar-refractivity contribution in [1.82, 2.24) is 0 Å². The average Bonchev–Trinajstić information content (AvgIpc) is 2.44. The fraction of sp³-hybridized carbons (Fsp3) is 0.529. The predicted molar refractivity (Wildman–Crippen MR) is 80.1 cm³/mol. The molecule has 0 saturated carbocycles. The second kappa shape index (κ2) is 9.29. The Morgan fingerprint density at radius 1 is 0.950 bits per heavy atom. The third-order valence-electron chi connectivity index (χ3n) is 3.39. The van der Waals surface area contributed by atoms with Crippen molar-refractivity contribution in [2.75, 3.05) is 0 Å². The van der Waals surface area contributed by atoms with E-state index in [1.807, 2.05) is 24.3 Å². The lowest BCUT2D eigenvalue weighted by Crippen LogP contribution is -2.00. The number of carbonyl (C=O) groups excluding carboxylic acids is 1. The van der Waals surface area contributed by atoms with Gasteiger partial charge in [-0.05, 0) is 31.2 Å². The molecule has 0 saturated heterocycles. The monoisotopic (exact) mass is 276 g/mol. The number of hydrogen-bond donors (Lipinski definition) is 1. The summed E-state index contributed by atoms with van der Waals surface area (Å²) in [4.78, 5) is 22.3. The maximum Gasteiger partial charge on any atom is 0.303 e. The molecule has 0 amide bonds. The summed E-state index contributed by atoms with van der Waals surface area (Å²) in [5, 5.41) is 8.52. The van der Waals surface area contributed by atoms with Gasteiger partial charge >= 0.3 is 5.97 Å². The van der Waals surface area contributed by atoms with Crippen molar-refractivity contribution in [1.29, 1.82) is 0 Å². The number of hydrogen-bond acceptors (Lipinski definition) is 2. The maximum absolute atomic E-state index is 12.0. The Labute approximate surface area is 121 Å². The number of carboxylic acids is 1. The van der Waals surface area contributed by atoms with Gasteiger partial charge in [0.2, 0.25) is 0 Å². The summed E-state index contributed by atoms with van der Waals surface area (Å²) in [6, 6.07) is 7.88. The zero-order chi connectivity index (χ0) is 14.8. The molecule has 1 aromatic rings. The maximum atomic E-state index is 12.0. The van der Waals surface area contributed by atoms with Crippen LogP contribution in [-0.4, -0.2) is 16.9 Å². The lowest BCUT2D eigenvalue weighted by Gasteiger charge is -2.03. The third kappa shape index (κ3) is 6.50. The molecule has 0 bridgehead atoms. The van der Waals surface area contributed by atoms with E-state index >= 15 is 0 Å². The summed E-state index contributed by atoms with van der Waals surface area (Å²) in [6.07, 6.45) is 6.34. The van der Waals surface area contributed by atoms with Crippen molar-refractivity contribution in [3.05, 3.63) is 35.4 Å². The van der Waals surface area contributed by atoms with E-state index in [0.29, 0.717) is 12.8 Å². The molecule has 1 N–H and O–H groups in total. The summed E-state index contributed by atoms with van der Waals surface area (Å²) in [5.74, 6) is -0.610. The molecule has 3 nitrogen and oxygen atoms in total. The highest BCUT2D eigenvalue weighted by molar-refractivity contribution is 5.96. The first kappa shape index (κ1) is 16.4. The minimum atomic E-state index is -0.765. The summed E-state index contributed by atoms with van der Waals surface area (Å²) in [6.45, 7) is 2.17. The van der Waals surface area contributed by atoms with Gasteiger partial charge in [0.1, 0.15) is 0 Å². The fourth-order valence-corrected chi connectivity index (χ4v) is 2.12. The summed E-state index contributed by atoms with van der Waals surface area (Å²) in [7, 11) is 0. The Bertz CT molecular complexity index is 420. The Balaban J connectivity index is 2.30. The topological polar surface area (TPSA) is 54.4 Å². The van der Waals surface area contributed by atoms with Gasteiger partial charge in [0.25, 0.3) is 0 Å². The van der Waals surface area contributed by atoms with Crippen LogP contribution >= 0.6 is 0 Å². The first-order valence-corrected chi connectivity index (χ1v) is 7.47. The predicted octanol–water partition coefficient (Wildman–Crippen LogP) is 4.25. The fourth-order valence-electron chi connectivity index (χ4n) is 2.12. The smallest absolute Gasteiger partial charge is 0.303 e. The van der Waals surface area contributed by atoms with E-state index in [2.05, 4.69) is 6.92 Å². The van der Waals surface area contributed by atoms with Crippen LogP contribution in [0.3, 0.4) is 0 Å². The highest BCUT2D eigenvalue weighted by Crippen LogP contribution is 2.12. The van der Waals surface area contributed by atoms with Crippen LogP contribution in [0.25, 0.3) is 0 Å². The van der Waals surface area contributed by atoms with Crippen molar-refractivity contribution in [3.8, 4) is 0 Å². The summed E-state index contributed by atoms with van der Waals surface area (Å²) in [5.41, 5.74) is 2.05. The van der Waals surface area contributed by atoms with Crippen LogP contribution in [0.4, 0.5) is 0 Å². The van der Waals surface area contributed by atoms with Crippen LogP contribution in [0, 0.1) is 0 Å². The number of Topliss-reactive ketones (excluding diaryl/α,β-unsaturated/α-hetero) is 1. The summed E-state index contributed by atoms with van der Waals surface area (Å²) < 4.78 is 0. The molecule has 0 aromatic heterocycles.